The maximum atomic E-state index is 12.6. The second kappa shape index (κ2) is 8.59. The van der Waals surface area contributed by atoms with Gasteiger partial charge < -0.3 is 10.1 Å². The van der Waals surface area contributed by atoms with Gasteiger partial charge in [0.25, 0.3) is 5.91 Å². The second-order valence-corrected chi connectivity index (χ2v) is 8.08. The van der Waals surface area contributed by atoms with E-state index in [0.717, 1.165) is 31.7 Å². The molecule has 0 aliphatic rings. The third kappa shape index (κ3) is 4.16. The van der Waals surface area contributed by atoms with Crippen molar-refractivity contribution in [3.05, 3.63) is 70.4 Å². The van der Waals surface area contributed by atoms with Crippen LogP contribution in [-0.2, 0) is 16.0 Å². The lowest BCUT2D eigenvalue weighted by molar-refractivity contribution is -0.124. The Hall–Kier alpha value is -3.32. The summed E-state index contributed by atoms with van der Waals surface area (Å²) in [5.74, 6) is -0.877. The fourth-order valence-corrected chi connectivity index (χ4v) is 4.39. The lowest BCUT2D eigenvalue weighted by Crippen LogP contribution is -2.30. The SMILES string of the molecule is Cc1nc2ccccc2c(C)c1C(=O)OCC(=O)NCCc1nc2ccccc2s1. The molecule has 0 aliphatic carbocycles. The summed E-state index contributed by atoms with van der Waals surface area (Å²) in [5, 5.41) is 4.63. The number of para-hydroxylation sites is 2. The van der Waals surface area contributed by atoms with Crippen LogP contribution in [0, 0.1) is 13.8 Å². The lowest BCUT2D eigenvalue weighted by Gasteiger charge is -2.12. The third-order valence-electron chi connectivity index (χ3n) is 4.87. The number of esters is 1. The maximum absolute atomic E-state index is 12.6. The zero-order valence-electron chi connectivity index (χ0n) is 16.8. The summed E-state index contributed by atoms with van der Waals surface area (Å²) < 4.78 is 6.37. The molecule has 0 unspecified atom stereocenters. The van der Waals surface area contributed by atoms with Crippen molar-refractivity contribution < 1.29 is 14.3 Å². The van der Waals surface area contributed by atoms with E-state index in [1.807, 2.05) is 55.5 Å². The molecule has 0 spiro atoms. The number of aryl methyl sites for hydroxylation is 2. The molecule has 4 rings (SSSR count). The van der Waals surface area contributed by atoms with Crippen LogP contribution in [0.2, 0.25) is 0 Å². The van der Waals surface area contributed by atoms with Gasteiger partial charge in [-0.05, 0) is 37.6 Å². The Kier molecular flexibility index (Phi) is 5.72. The van der Waals surface area contributed by atoms with Crippen LogP contribution in [0.25, 0.3) is 21.1 Å². The average Bonchev–Trinajstić information content (AvgIpc) is 3.15. The van der Waals surface area contributed by atoms with Gasteiger partial charge in [0.2, 0.25) is 0 Å². The lowest BCUT2D eigenvalue weighted by atomic mass is 10.0. The van der Waals surface area contributed by atoms with Gasteiger partial charge in [-0.25, -0.2) is 9.78 Å². The van der Waals surface area contributed by atoms with Crippen LogP contribution in [0.1, 0.15) is 26.6 Å². The van der Waals surface area contributed by atoms with Gasteiger partial charge in [0.05, 0.1) is 32.0 Å². The molecule has 30 heavy (non-hydrogen) atoms. The molecule has 0 fully saturated rings. The Bertz CT molecular complexity index is 1220. The fraction of sp³-hybridized carbons (Fsp3) is 0.217. The number of hydrogen-bond acceptors (Lipinski definition) is 6. The molecular weight excluding hydrogens is 398 g/mol. The van der Waals surface area contributed by atoms with Gasteiger partial charge in [-0.1, -0.05) is 30.3 Å². The maximum Gasteiger partial charge on any atom is 0.340 e. The van der Waals surface area contributed by atoms with E-state index in [9.17, 15) is 9.59 Å². The molecule has 0 radical (unpaired) electrons. The number of carbonyl (C=O) groups excluding carboxylic acids is 2. The molecule has 1 amide bonds. The fourth-order valence-electron chi connectivity index (χ4n) is 3.42. The van der Waals surface area contributed by atoms with Crippen molar-refractivity contribution in [1.82, 2.24) is 15.3 Å². The zero-order valence-corrected chi connectivity index (χ0v) is 17.6. The number of aromatic nitrogens is 2. The molecule has 2 heterocycles. The smallest absolute Gasteiger partial charge is 0.340 e. The van der Waals surface area contributed by atoms with Gasteiger partial charge in [0.1, 0.15) is 0 Å². The number of amides is 1. The predicted octanol–water partition coefficient (Wildman–Crippen LogP) is 3.98. The molecule has 1 N–H and O–H groups in total. The van der Waals surface area contributed by atoms with E-state index in [1.54, 1.807) is 18.3 Å². The summed E-state index contributed by atoms with van der Waals surface area (Å²) in [6.07, 6.45) is 0.631. The number of nitrogens with one attached hydrogen (secondary N) is 1. The topological polar surface area (TPSA) is 81.2 Å². The Morgan fingerprint density at radius 3 is 2.53 bits per heavy atom. The summed E-state index contributed by atoms with van der Waals surface area (Å²) in [5.41, 5.74) is 3.60. The first-order chi connectivity index (χ1) is 14.5. The minimum absolute atomic E-state index is 0.329. The first kappa shape index (κ1) is 20.0. The number of pyridine rings is 1. The molecule has 2 aromatic heterocycles. The van der Waals surface area contributed by atoms with Crippen molar-refractivity contribution in [3.8, 4) is 0 Å². The summed E-state index contributed by atoms with van der Waals surface area (Å²) in [6.45, 7) is 3.75. The van der Waals surface area contributed by atoms with E-state index in [0.29, 0.717) is 24.2 Å². The number of rotatable bonds is 6. The van der Waals surface area contributed by atoms with E-state index in [2.05, 4.69) is 15.3 Å². The highest BCUT2D eigenvalue weighted by Crippen LogP contribution is 2.23. The van der Waals surface area contributed by atoms with Gasteiger partial charge in [-0.2, -0.15) is 0 Å². The van der Waals surface area contributed by atoms with Crippen molar-refractivity contribution in [3.63, 3.8) is 0 Å². The molecule has 0 atom stereocenters. The standard InChI is InChI=1S/C23H21N3O3S/c1-14-16-7-3-4-8-17(16)25-15(2)22(14)23(28)29-13-20(27)24-12-11-21-26-18-9-5-6-10-19(18)30-21/h3-10H,11-13H2,1-2H3,(H,24,27). The van der Waals surface area contributed by atoms with Crippen molar-refractivity contribution in [2.75, 3.05) is 13.2 Å². The highest BCUT2D eigenvalue weighted by molar-refractivity contribution is 7.18. The van der Waals surface area contributed by atoms with Crippen molar-refractivity contribution in [2.45, 2.75) is 20.3 Å². The number of carbonyl (C=O) groups is 2. The second-order valence-electron chi connectivity index (χ2n) is 6.97. The van der Waals surface area contributed by atoms with E-state index in [1.165, 1.54) is 0 Å². The van der Waals surface area contributed by atoms with Crippen LogP contribution >= 0.6 is 11.3 Å². The molecule has 4 aromatic rings. The molecule has 0 aliphatic heterocycles. The summed E-state index contributed by atoms with van der Waals surface area (Å²) >= 11 is 1.61. The van der Waals surface area contributed by atoms with Crippen LogP contribution in [0.15, 0.2) is 48.5 Å². The largest absolute Gasteiger partial charge is 0.452 e. The van der Waals surface area contributed by atoms with Gasteiger partial charge in [-0.3, -0.25) is 9.78 Å². The van der Waals surface area contributed by atoms with Crippen molar-refractivity contribution >= 4 is 44.3 Å². The molecule has 0 saturated heterocycles. The Morgan fingerprint density at radius 2 is 1.73 bits per heavy atom. The molecule has 6 nitrogen and oxygen atoms in total. The number of nitrogens with zero attached hydrogens (tertiary/aromatic N) is 2. The van der Waals surface area contributed by atoms with Gasteiger partial charge in [-0.15, -0.1) is 11.3 Å². The van der Waals surface area contributed by atoms with Crippen LogP contribution in [0.3, 0.4) is 0 Å². The molecular formula is C23H21N3O3S. The normalized spacial score (nSPS) is 11.0. The minimum atomic E-state index is -0.537. The van der Waals surface area contributed by atoms with Gasteiger partial charge in [0.15, 0.2) is 6.61 Å². The first-order valence-electron chi connectivity index (χ1n) is 9.67. The van der Waals surface area contributed by atoms with E-state index < -0.39 is 5.97 Å². The predicted molar refractivity (Wildman–Crippen MR) is 118 cm³/mol. The number of thiazole rings is 1. The number of ether oxygens (including phenoxy) is 1. The highest BCUT2D eigenvalue weighted by atomic mass is 32.1. The van der Waals surface area contributed by atoms with Gasteiger partial charge in [0, 0.05) is 18.4 Å². The van der Waals surface area contributed by atoms with Gasteiger partial charge >= 0.3 is 5.97 Å². The highest BCUT2D eigenvalue weighted by Gasteiger charge is 2.18. The number of hydrogen-bond donors (Lipinski definition) is 1. The molecule has 7 heteroatoms. The summed E-state index contributed by atoms with van der Waals surface area (Å²) in [7, 11) is 0. The van der Waals surface area contributed by atoms with Crippen LogP contribution in [-0.4, -0.2) is 35.0 Å². The monoisotopic (exact) mass is 419 g/mol. The number of fused-ring (bicyclic) bond motifs is 2. The molecule has 0 saturated carbocycles. The third-order valence-corrected chi connectivity index (χ3v) is 5.97. The van der Waals surface area contributed by atoms with E-state index in [4.69, 9.17) is 4.74 Å². The minimum Gasteiger partial charge on any atom is -0.452 e. The Morgan fingerprint density at radius 1 is 1.00 bits per heavy atom. The van der Waals surface area contributed by atoms with E-state index >= 15 is 0 Å². The van der Waals surface area contributed by atoms with Crippen LogP contribution < -0.4 is 5.32 Å². The van der Waals surface area contributed by atoms with Crippen LogP contribution in [0.4, 0.5) is 0 Å². The average molecular weight is 420 g/mol. The molecule has 2 aromatic carbocycles. The first-order valence-corrected chi connectivity index (χ1v) is 10.5. The molecule has 0 bridgehead atoms. The van der Waals surface area contributed by atoms with Crippen molar-refractivity contribution in [1.29, 1.82) is 0 Å². The van der Waals surface area contributed by atoms with Crippen LogP contribution in [0.5, 0.6) is 0 Å². The number of benzene rings is 2. The summed E-state index contributed by atoms with van der Waals surface area (Å²) in [6, 6.07) is 15.6. The van der Waals surface area contributed by atoms with Crippen molar-refractivity contribution in [2.24, 2.45) is 0 Å². The quantitative estimate of drug-likeness (QED) is 0.478. The summed E-state index contributed by atoms with van der Waals surface area (Å²) in [4.78, 5) is 33.7. The molecule has 152 valence electrons. The van der Waals surface area contributed by atoms with E-state index in [-0.39, 0.29) is 12.5 Å². The zero-order chi connectivity index (χ0) is 21.1. The Labute approximate surface area is 177 Å². The Balaban J connectivity index is 1.32.